The molecule has 0 heterocycles. The summed E-state index contributed by atoms with van der Waals surface area (Å²) in [6.07, 6.45) is 1.31. The zero-order chi connectivity index (χ0) is 23.8. The highest BCUT2D eigenvalue weighted by atomic mass is 35.5. The second kappa shape index (κ2) is 10.9. The van der Waals surface area contributed by atoms with Gasteiger partial charge in [-0.3, -0.25) is 9.59 Å². The van der Waals surface area contributed by atoms with Crippen LogP contribution < -0.4 is 20.2 Å². The van der Waals surface area contributed by atoms with Crippen molar-refractivity contribution in [1.82, 2.24) is 5.43 Å². The summed E-state index contributed by atoms with van der Waals surface area (Å²) in [5.74, 6) is -1.89. The first-order chi connectivity index (χ1) is 15.9. The first kappa shape index (κ1) is 23.5. The van der Waals surface area contributed by atoms with Gasteiger partial charge in [0.05, 0.1) is 29.6 Å². The zero-order valence-corrected chi connectivity index (χ0v) is 18.6. The molecule has 3 aromatic carbocycles. The number of nitrogens with zero attached hydrogens (tertiary/aromatic N) is 1. The molecule has 2 amide bonds. The number of hydrazone groups is 1. The number of hydrogen-bond acceptors (Lipinski definition) is 6. The normalized spacial score (nSPS) is 10.5. The molecule has 0 aliphatic carbocycles. The highest BCUT2D eigenvalue weighted by molar-refractivity contribution is 6.41. The van der Waals surface area contributed by atoms with Crippen molar-refractivity contribution in [3.63, 3.8) is 0 Å². The van der Waals surface area contributed by atoms with Crippen LogP contribution in [0.25, 0.3) is 0 Å². The van der Waals surface area contributed by atoms with Crippen molar-refractivity contribution >= 4 is 41.3 Å². The van der Waals surface area contributed by atoms with E-state index >= 15 is 0 Å². The van der Waals surface area contributed by atoms with Gasteiger partial charge in [0.1, 0.15) is 0 Å². The van der Waals surface area contributed by atoms with Crippen LogP contribution in [-0.2, 0) is 9.59 Å². The smallest absolute Gasteiger partial charge is 0.343 e. The Balaban J connectivity index is 1.62. The summed E-state index contributed by atoms with van der Waals surface area (Å²) in [6.45, 7) is 1.88. The molecule has 2 N–H and O–H groups in total. The minimum Gasteiger partial charge on any atom is -0.493 e. The van der Waals surface area contributed by atoms with Gasteiger partial charge in [0.25, 0.3) is 0 Å². The maximum atomic E-state index is 12.4. The van der Waals surface area contributed by atoms with Crippen LogP contribution in [0.3, 0.4) is 0 Å². The fourth-order valence-corrected chi connectivity index (χ4v) is 2.92. The zero-order valence-electron chi connectivity index (χ0n) is 17.8. The Bertz CT molecular complexity index is 1230. The largest absolute Gasteiger partial charge is 0.493 e. The van der Waals surface area contributed by atoms with Crippen LogP contribution in [0.1, 0.15) is 21.5 Å². The Morgan fingerprint density at radius 2 is 1.73 bits per heavy atom. The molecule has 0 bridgehead atoms. The molecule has 0 atom stereocenters. The second-order valence-corrected chi connectivity index (χ2v) is 7.21. The minimum atomic E-state index is -0.971. The van der Waals surface area contributed by atoms with Crippen molar-refractivity contribution in [3.05, 3.63) is 88.4 Å². The Kier molecular flexibility index (Phi) is 7.77. The molecule has 0 aliphatic heterocycles. The Hall–Kier alpha value is -4.17. The summed E-state index contributed by atoms with van der Waals surface area (Å²) in [6, 6.07) is 18.3. The number of ether oxygens (including phenoxy) is 2. The highest BCUT2D eigenvalue weighted by Gasteiger charge is 2.15. The van der Waals surface area contributed by atoms with Gasteiger partial charge in [0.15, 0.2) is 11.5 Å². The molecule has 0 saturated carbocycles. The van der Waals surface area contributed by atoms with Crippen molar-refractivity contribution < 1.29 is 23.9 Å². The molecular weight excluding hydrogens is 446 g/mol. The third-order valence-electron chi connectivity index (χ3n) is 4.35. The highest BCUT2D eigenvalue weighted by Crippen LogP contribution is 2.28. The lowest BCUT2D eigenvalue weighted by Crippen LogP contribution is -2.32. The van der Waals surface area contributed by atoms with Crippen LogP contribution in [-0.4, -0.2) is 31.1 Å². The Morgan fingerprint density at radius 3 is 2.45 bits per heavy atom. The number of para-hydroxylation sites is 1. The third-order valence-corrected chi connectivity index (χ3v) is 4.68. The van der Waals surface area contributed by atoms with Crippen molar-refractivity contribution in [3.8, 4) is 11.5 Å². The van der Waals surface area contributed by atoms with Crippen LogP contribution in [0, 0.1) is 6.92 Å². The van der Waals surface area contributed by atoms with Gasteiger partial charge in [-0.2, -0.15) is 5.10 Å². The monoisotopic (exact) mass is 465 g/mol. The van der Waals surface area contributed by atoms with Crippen LogP contribution in [0.15, 0.2) is 71.8 Å². The molecule has 0 saturated heterocycles. The fourth-order valence-electron chi connectivity index (χ4n) is 2.74. The van der Waals surface area contributed by atoms with E-state index in [4.69, 9.17) is 21.1 Å². The summed E-state index contributed by atoms with van der Waals surface area (Å²) >= 11 is 5.95. The lowest BCUT2D eigenvalue weighted by Gasteiger charge is -2.10. The van der Waals surface area contributed by atoms with E-state index < -0.39 is 17.8 Å². The number of methoxy groups -OCH3 is 1. The molecule has 0 unspecified atom stereocenters. The molecule has 0 aromatic heterocycles. The molecule has 3 aromatic rings. The van der Waals surface area contributed by atoms with E-state index in [9.17, 15) is 14.4 Å². The van der Waals surface area contributed by atoms with Gasteiger partial charge in [-0.1, -0.05) is 41.4 Å². The average molecular weight is 466 g/mol. The number of hydrogen-bond donors (Lipinski definition) is 2. The number of anilines is 1. The summed E-state index contributed by atoms with van der Waals surface area (Å²) in [7, 11) is 1.43. The minimum absolute atomic E-state index is 0.226. The second-order valence-electron chi connectivity index (χ2n) is 6.80. The van der Waals surface area contributed by atoms with Crippen LogP contribution in [0.4, 0.5) is 5.69 Å². The van der Waals surface area contributed by atoms with Crippen molar-refractivity contribution in [2.45, 2.75) is 6.92 Å². The van der Waals surface area contributed by atoms with E-state index in [-0.39, 0.29) is 5.75 Å². The van der Waals surface area contributed by atoms with Crippen molar-refractivity contribution in [1.29, 1.82) is 0 Å². The molecule has 8 nitrogen and oxygen atoms in total. The molecule has 3 rings (SSSR count). The average Bonchev–Trinajstić information content (AvgIpc) is 2.81. The Labute approximate surface area is 195 Å². The predicted octanol–water partition coefficient (Wildman–Crippen LogP) is 3.97. The predicted molar refractivity (Wildman–Crippen MR) is 125 cm³/mol. The van der Waals surface area contributed by atoms with Gasteiger partial charge in [-0.25, -0.2) is 10.2 Å². The molecule has 0 radical (unpaired) electrons. The molecule has 33 heavy (non-hydrogen) atoms. The van der Waals surface area contributed by atoms with E-state index in [0.29, 0.717) is 27.6 Å². The number of nitrogens with one attached hydrogen (secondary N) is 2. The third kappa shape index (κ3) is 6.41. The lowest BCUT2D eigenvalue weighted by atomic mass is 10.1. The standard InChI is InChI=1S/C24H20ClN3O5/c1-15-6-5-7-17(12-15)24(31)33-20-11-10-16(13-21(20)32-2)14-26-28-23(30)22(29)27-19-9-4-3-8-18(19)25/h3-14H,1-2H3,(H,27,29)(H,28,30). The maximum absolute atomic E-state index is 12.4. The van der Waals surface area contributed by atoms with Crippen LogP contribution in [0.5, 0.6) is 11.5 Å². The van der Waals surface area contributed by atoms with E-state index in [1.807, 2.05) is 13.0 Å². The molecular formula is C24H20ClN3O5. The van der Waals surface area contributed by atoms with Gasteiger partial charge >= 0.3 is 17.8 Å². The van der Waals surface area contributed by atoms with Crippen LogP contribution >= 0.6 is 11.6 Å². The van der Waals surface area contributed by atoms with Gasteiger partial charge in [-0.15, -0.1) is 0 Å². The van der Waals surface area contributed by atoms with Gasteiger partial charge < -0.3 is 14.8 Å². The Morgan fingerprint density at radius 1 is 0.939 bits per heavy atom. The quantitative estimate of drug-likeness (QED) is 0.188. The summed E-state index contributed by atoms with van der Waals surface area (Å²) in [5, 5.41) is 6.47. The number of rotatable bonds is 6. The number of carbonyl (C=O) groups excluding carboxylic acids is 3. The lowest BCUT2D eigenvalue weighted by molar-refractivity contribution is -0.136. The van der Waals surface area contributed by atoms with Gasteiger partial charge in [0.2, 0.25) is 0 Å². The first-order valence-electron chi connectivity index (χ1n) is 9.73. The van der Waals surface area contributed by atoms with E-state index in [1.165, 1.54) is 13.3 Å². The summed E-state index contributed by atoms with van der Waals surface area (Å²) in [5.41, 5.74) is 4.33. The first-order valence-corrected chi connectivity index (χ1v) is 10.1. The molecule has 0 fully saturated rings. The maximum Gasteiger partial charge on any atom is 0.343 e. The van der Waals surface area contributed by atoms with E-state index in [2.05, 4.69) is 15.8 Å². The number of benzene rings is 3. The van der Waals surface area contributed by atoms with Crippen molar-refractivity contribution in [2.75, 3.05) is 12.4 Å². The number of carbonyl (C=O) groups is 3. The van der Waals surface area contributed by atoms with Gasteiger partial charge in [-0.05, 0) is 55.0 Å². The van der Waals surface area contributed by atoms with Crippen LogP contribution in [0.2, 0.25) is 5.02 Å². The molecule has 0 aliphatic rings. The molecule has 168 valence electrons. The SMILES string of the molecule is COc1cc(C=NNC(=O)C(=O)Nc2ccccc2Cl)ccc1OC(=O)c1cccc(C)c1. The summed E-state index contributed by atoms with van der Waals surface area (Å²) in [4.78, 5) is 36.3. The molecule has 9 heteroatoms. The van der Waals surface area contributed by atoms with Gasteiger partial charge in [0, 0.05) is 0 Å². The van der Waals surface area contributed by atoms with E-state index in [1.54, 1.807) is 60.7 Å². The summed E-state index contributed by atoms with van der Waals surface area (Å²) < 4.78 is 10.7. The van der Waals surface area contributed by atoms with Crippen molar-refractivity contribution in [2.24, 2.45) is 5.10 Å². The topological polar surface area (TPSA) is 106 Å². The number of amides is 2. The number of aryl methyl sites for hydroxylation is 1. The fraction of sp³-hybridized carbons (Fsp3) is 0.0833. The van der Waals surface area contributed by atoms with E-state index in [0.717, 1.165) is 5.56 Å². The number of halogens is 1. The number of esters is 1. The molecule has 0 spiro atoms.